The minimum atomic E-state index is -1.13. The predicted molar refractivity (Wildman–Crippen MR) is 67.6 cm³/mol. The Morgan fingerprint density at radius 3 is 2.17 bits per heavy atom. The van der Waals surface area contributed by atoms with Gasteiger partial charge in [-0.15, -0.1) is 0 Å². The Hall–Kier alpha value is -2.16. The number of benzene rings is 1. The lowest BCUT2D eigenvalue weighted by atomic mass is 9.79. The third-order valence-electron chi connectivity index (χ3n) is 2.92. The molecule has 3 nitrogen and oxygen atoms in total. The summed E-state index contributed by atoms with van der Waals surface area (Å²) in [5.74, 6) is -0.296. The number of furan rings is 1. The Morgan fingerprint density at radius 2 is 1.61 bits per heavy atom. The Morgan fingerprint density at radius 1 is 0.944 bits per heavy atom. The van der Waals surface area contributed by atoms with Crippen LogP contribution in [0.4, 0.5) is 0 Å². The fourth-order valence-electron chi connectivity index (χ4n) is 1.77. The summed E-state index contributed by atoms with van der Waals surface area (Å²) in [6.07, 6.45) is 1.43. The van der Waals surface area contributed by atoms with Gasteiger partial charge in [-0.3, -0.25) is 9.59 Å². The van der Waals surface area contributed by atoms with Crippen molar-refractivity contribution in [3.05, 3.63) is 60.1 Å². The lowest BCUT2D eigenvalue weighted by Gasteiger charge is -2.20. The van der Waals surface area contributed by atoms with Crippen LogP contribution in [-0.2, 0) is 0 Å². The topological polar surface area (TPSA) is 47.3 Å². The fraction of sp³-hybridized carbons (Fsp3) is 0.200. The first-order chi connectivity index (χ1) is 8.53. The lowest BCUT2D eigenvalue weighted by Crippen LogP contribution is -2.33. The number of hydrogen-bond acceptors (Lipinski definition) is 3. The molecule has 2 rings (SSSR count). The van der Waals surface area contributed by atoms with Crippen molar-refractivity contribution in [3.63, 3.8) is 0 Å². The molecule has 3 heteroatoms. The van der Waals surface area contributed by atoms with Gasteiger partial charge in [-0.2, -0.15) is 0 Å². The predicted octanol–water partition coefficient (Wildman–Crippen LogP) is 3.37. The molecule has 0 amide bonds. The molecule has 0 aliphatic carbocycles. The van der Waals surface area contributed by atoms with Crippen molar-refractivity contribution in [3.8, 4) is 0 Å². The highest BCUT2D eigenvalue weighted by molar-refractivity contribution is 6.18. The van der Waals surface area contributed by atoms with Gasteiger partial charge in [-0.1, -0.05) is 30.3 Å². The standard InChI is InChI=1S/C15H14O3/c1-15(2,14(17)12-9-6-10-18-12)13(16)11-7-4-3-5-8-11/h3-10H,1-2H3. The summed E-state index contributed by atoms with van der Waals surface area (Å²) >= 11 is 0. The second-order valence-electron chi connectivity index (χ2n) is 4.63. The van der Waals surface area contributed by atoms with Gasteiger partial charge in [0.2, 0.25) is 5.78 Å². The molecule has 0 bridgehead atoms. The van der Waals surface area contributed by atoms with E-state index in [1.54, 1.807) is 50.2 Å². The van der Waals surface area contributed by atoms with Gasteiger partial charge in [-0.25, -0.2) is 0 Å². The van der Waals surface area contributed by atoms with Crippen molar-refractivity contribution >= 4 is 11.6 Å². The molecule has 0 radical (unpaired) electrons. The number of Topliss-reactive ketones (excluding diaryl/α,β-unsaturated/α-hetero) is 2. The summed E-state index contributed by atoms with van der Waals surface area (Å²) < 4.78 is 5.07. The van der Waals surface area contributed by atoms with Crippen LogP contribution in [0.25, 0.3) is 0 Å². The van der Waals surface area contributed by atoms with Crippen LogP contribution in [0.2, 0.25) is 0 Å². The number of carbonyl (C=O) groups excluding carboxylic acids is 2. The summed E-state index contributed by atoms with van der Waals surface area (Å²) in [5.41, 5.74) is -0.596. The molecule has 92 valence electrons. The maximum atomic E-state index is 12.3. The first kappa shape index (κ1) is 12.3. The van der Waals surface area contributed by atoms with Crippen molar-refractivity contribution in [1.82, 2.24) is 0 Å². The maximum absolute atomic E-state index is 12.3. The maximum Gasteiger partial charge on any atom is 0.211 e. The van der Waals surface area contributed by atoms with Crippen LogP contribution in [0.5, 0.6) is 0 Å². The van der Waals surface area contributed by atoms with Crippen LogP contribution in [0.3, 0.4) is 0 Å². The van der Waals surface area contributed by atoms with E-state index in [1.807, 2.05) is 6.07 Å². The van der Waals surface area contributed by atoms with Crippen molar-refractivity contribution in [2.45, 2.75) is 13.8 Å². The summed E-state index contributed by atoms with van der Waals surface area (Å²) in [6.45, 7) is 3.24. The fourth-order valence-corrected chi connectivity index (χ4v) is 1.77. The van der Waals surface area contributed by atoms with E-state index in [-0.39, 0.29) is 17.3 Å². The second kappa shape index (κ2) is 4.61. The van der Waals surface area contributed by atoms with Crippen molar-refractivity contribution < 1.29 is 14.0 Å². The zero-order chi connectivity index (χ0) is 13.2. The zero-order valence-electron chi connectivity index (χ0n) is 10.3. The van der Waals surface area contributed by atoms with Crippen LogP contribution < -0.4 is 0 Å². The van der Waals surface area contributed by atoms with Crippen LogP contribution in [0.1, 0.15) is 34.8 Å². The molecule has 0 unspecified atom stereocenters. The number of rotatable bonds is 4. The molecule has 0 atom stereocenters. The minimum Gasteiger partial charge on any atom is -0.461 e. The van der Waals surface area contributed by atoms with Crippen LogP contribution in [0.15, 0.2) is 53.1 Å². The van der Waals surface area contributed by atoms with E-state index in [0.29, 0.717) is 5.56 Å². The molecule has 1 heterocycles. The molecular weight excluding hydrogens is 228 g/mol. The van der Waals surface area contributed by atoms with E-state index in [4.69, 9.17) is 4.42 Å². The van der Waals surface area contributed by atoms with Gasteiger partial charge in [-0.05, 0) is 26.0 Å². The van der Waals surface area contributed by atoms with Gasteiger partial charge < -0.3 is 4.42 Å². The highest BCUT2D eigenvalue weighted by atomic mass is 16.3. The summed E-state index contributed by atoms with van der Waals surface area (Å²) in [5, 5.41) is 0. The Bertz CT molecular complexity index is 551. The molecule has 2 aromatic rings. The Labute approximate surface area is 105 Å². The van der Waals surface area contributed by atoms with Crippen molar-refractivity contribution in [1.29, 1.82) is 0 Å². The average Bonchev–Trinajstić information content (AvgIpc) is 2.91. The zero-order valence-corrected chi connectivity index (χ0v) is 10.3. The smallest absolute Gasteiger partial charge is 0.211 e. The number of carbonyl (C=O) groups is 2. The molecule has 0 saturated carbocycles. The first-order valence-corrected chi connectivity index (χ1v) is 5.71. The lowest BCUT2D eigenvalue weighted by molar-refractivity contribution is 0.0693. The van der Waals surface area contributed by atoms with E-state index in [1.165, 1.54) is 6.26 Å². The van der Waals surface area contributed by atoms with Gasteiger partial charge in [0, 0.05) is 5.56 Å². The van der Waals surface area contributed by atoms with Gasteiger partial charge in [0.25, 0.3) is 0 Å². The highest BCUT2D eigenvalue weighted by Crippen LogP contribution is 2.27. The van der Waals surface area contributed by atoms with Crippen LogP contribution in [0, 0.1) is 5.41 Å². The summed E-state index contributed by atoms with van der Waals surface area (Å²) in [4.78, 5) is 24.6. The third-order valence-corrected chi connectivity index (χ3v) is 2.92. The molecule has 1 aromatic carbocycles. The van der Waals surface area contributed by atoms with E-state index in [0.717, 1.165) is 0 Å². The number of hydrogen-bond donors (Lipinski definition) is 0. The van der Waals surface area contributed by atoms with E-state index < -0.39 is 5.41 Å². The van der Waals surface area contributed by atoms with Crippen LogP contribution in [-0.4, -0.2) is 11.6 Å². The minimum absolute atomic E-state index is 0.204. The van der Waals surface area contributed by atoms with Crippen molar-refractivity contribution in [2.24, 2.45) is 5.41 Å². The normalized spacial score (nSPS) is 11.2. The largest absolute Gasteiger partial charge is 0.461 e. The second-order valence-corrected chi connectivity index (χ2v) is 4.63. The Balaban J connectivity index is 2.32. The molecule has 0 fully saturated rings. The van der Waals surface area contributed by atoms with E-state index >= 15 is 0 Å². The molecule has 1 aromatic heterocycles. The molecule has 0 saturated heterocycles. The molecule has 0 N–H and O–H groups in total. The van der Waals surface area contributed by atoms with Gasteiger partial charge in [0.15, 0.2) is 11.5 Å². The van der Waals surface area contributed by atoms with E-state index in [2.05, 4.69) is 0 Å². The summed E-state index contributed by atoms with van der Waals surface area (Å²) in [7, 11) is 0. The summed E-state index contributed by atoms with van der Waals surface area (Å²) in [6, 6.07) is 12.0. The van der Waals surface area contributed by atoms with Gasteiger partial charge >= 0.3 is 0 Å². The molecule has 0 aliphatic heterocycles. The monoisotopic (exact) mass is 242 g/mol. The van der Waals surface area contributed by atoms with Gasteiger partial charge in [0.05, 0.1) is 11.7 Å². The molecule has 0 spiro atoms. The van der Waals surface area contributed by atoms with E-state index in [9.17, 15) is 9.59 Å². The number of ketones is 2. The quantitative estimate of drug-likeness (QED) is 0.610. The highest BCUT2D eigenvalue weighted by Gasteiger charge is 2.38. The first-order valence-electron chi connectivity index (χ1n) is 5.71. The Kier molecular flexibility index (Phi) is 3.15. The van der Waals surface area contributed by atoms with Gasteiger partial charge in [0.1, 0.15) is 0 Å². The SMILES string of the molecule is CC(C)(C(=O)c1ccccc1)C(=O)c1ccco1. The molecule has 0 aliphatic rings. The molecular formula is C15H14O3. The van der Waals surface area contributed by atoms with Crippen LogP contribution >= 0.6 is 0 Å². The van der Waals surface area contributed by atoms with Crippen molar-refractivity contribution in [2.75, 3.05) is 0 Å². The molecule has 18 heavy (non-hydrogen) atoms. The third kappa shape index (κ3) is 2.12. The average molecular weight is 242 g/mol.